The number of hydrogen-bond acceptors (Lipinski definition) is 1. The van der Waals surface area contributed by atoms with Gasteiger partial charge in [-0.15, -0.1) is 6.58 Å². The topological polar surface area (TPSA) is 26.0 Å². The molecule has 0 radical (unpaired) electrons. The molecule has 0 aliphatic heterocycles. The Bertz CT molecular complexity index is 303. The van der Waals surface area contributed by atoms with Crippen LogP contribution in [0.25, 0.3) is 0 Å². The number of hydrogen-bond donors (Lipinski definition) is 1. The van der Waals surface area contributed by atoms with Gasteiger partial charge >= 0.3 is 0 Å². The molecule has 14 heavy (non-hydrogen) atoms. The fourth-order valence-electron chi connectivity index (χ4n) is 1.49. The van der Waals surface area contributed by atoms with Crippen LogP contribution >= 0.6 is 0 Å². The molecule has 1 aromatic carbocycles. The maximum Gasteiger partial charge on any atom is 0.123 e. The van der Waals surface area contributed by atoms with Crippen LogP contribution in [0.3, 0.4) is 0 Å². The lowest BCUT2D eigenvalue weighted by Gasteiger charge is -2.14. The van der Waals surface area contributed by atoms with E-state index in [9.17, 15) is 4.39 Å². The zero-order chi connectivity index (χ0) is 10.6. The van der Waals surface area contributed by atoms with E-state index in [1.807, 2.05) is 6.92 Å². The molecule has 0 fully saturated rings. The van der Waals surface area contributed by atoms with Crippen LogP contribution in [-0.2, 0) is 0 Å². The quantitative estimate of drug-likeness (QED) is 0.731. The van der Waals surface area contributed by atoms with Crippen molar-refractivity contribution >= 4 is 0 Å². The van der Waals surface area contributed by atoms with Crippen molar-refractivity contribution in [1.82, 2.24) is 0 Å². The molecule has 0 saturated carbocycles. The van der Waals surface area contributed by atoms with Gasteiger partial charge in [-0.25, -0.2) is 4.39 Å². The molecule has 0 spiro atoms. The van der Waals surface area contributed by atoms with Gasteiger partial charge in [0.1, 0.15) is 5.82 Å². The first kappa shape index (κ1) is 10.9. The highest BCUT2D eigenvalue weighted by molar-refractivity contribution is 5.22. The Labute approximate surface area is 84.4 Å². The van der Waals surface area contributed by atoms with Crippen molar-refractivity contribution in [1.29, 1.82) is 0 Å². The zero-order valence-electron chi connectivity index (χ0n) is 8.46. The summed E-state index contributed by atoms with van der Waals surface area (Å²) in [6.07, 6.45) is 0.863. The first-order valence-corrected chi connectivity index (χ1v) is 4.73. The second-order valence-electron chi connectivity index (χ2n) is 3.65. The maximum atomic E-state index is 12.7. The summed E-state index contributed by atoms with van der Waals surface area (Å²) < 4.78 is 12.7. The van der Waals surface area contributed by atoms with Crippen molar-refractivity contribution < 1.29 is 4.39 Å². The Morgan fingerprint density at radius 3 is 2.43 bits per heavy atom. The number of rotatable bonds is 4. The van der Waals surface area contributed by atoms with E-state index >= 15 is 0 Å². The highest BCUT2D eigenvalue weighted by Gasteiger charge is 2.09. The monoisotopic (exact) mass is 193 g/mol. The largest absolute Gasteiger partial charge is 0.330 e. The van der Waals surface area contributed by atoms with Crippen LogP contribution < -0.4 is 5.73 Å². The van der Waals surface area contributed by atoms with Crippen molar-refractivity contribution in [3.05, 3.63) is 47.8 Å². The number of halogens is 1. The summed E-state index contributed by atoms with van der Waals surface area (Å²) >= 11 is 0. The van der Waals surface area contributed by atoms with Crippen molar-refractivity contribution in [2.75, 3.05) is 6.54 Å². The van der Waals surface area contributed by atoms with Gasteiger partial charge in [-0.1, -0.05) is 17.7 Å². The van der Waals surface area contributed by atoms with Crippen LogP contribution in [0.2, 0.25) is 0 Å². The van der Waals surface area contributed by atoms with Gasteiger partial charge in [-0.05, 0) is 43.5 Å². The molecule has 0 aliphatic carbocycles. The molecule has 1 rings (SSSR count). The molecule has 0 aromatic heterocycles. The lowest BCUT2D eigenvalue weighted by molar-refractivity contribution is 0.623. The van der Waals surface area contributed by atoms with Crippen molar-refractivity contribution in [2.45, 2.75) is 19.3 Å². The summed E-state index contributed by atoms with van der Waals surface area (Å²) in [6.45, 7) is 6.40. The van der Waals surface area contributed by atoms with Crippen LogP contribution in [0.4, 0.5) is 4.39 Å². The maximum absolute atomic E-state index is 12.7. The highest BCUT2D eigenvalue weighted by atomic mass is 19.1. The van der Waals surface area contributed by atoms with Crippen molar-refractivity contribution in [3.8, 4) is 0 Å². The van der Waals surface area contributed by atoms with Crippen molar-refractivity contribution in [2.24, 2.45) is 5.73 Å². The second kappa shape index (κ2) is 4.91. The van der Waals surface area contributed by atoms with Gasteiger partial charge in [0.2, 0.25) is 0 Å². The average Bonchev–Trinajstić information content (AvgIpc) is 2.15. The average molecular weight is 193 g/mol. The third kappa shape index (κ3) is 2.96. The standard InChI is InChI=1S/C12H16FN/c1-9(2)7-11(8-14)10-3-5-12(13)6-4-10/h3-6,11H,1,7-8,14H2,2H3. The van der Waals surface area contributed by atoms with E-state index in [2.05, 4.69) is 6.58 Å². The summed E-state index contributed by atoms with van der Waals surface area (Å²) in [4.78, 5) is 0. The molecule has 2 N–H and O–H groups in total. The highest BCUT2D eigenvalue weighted by Crippen LogP contribution is 2.21. The van der Waals surface area contributed by atoms with Crippen LogP contribution in [0.1, 0.15) is 24.8 Å². The van der Waals surface area contributed by atoms with E-state index in [-0.39, 0.29) is 11.7 Å². The SMILES string of the molecule is C=C(C)CC(CN)c1ccc(F)cc1. The Hall–Kier alpha value is -1.15. The fraction of sp³-hybridized carbons (Fsp3) is 0.333. The van der Waals surface area contributed by atoms with E-state index in [4.69, 9.17) is 5.73 Å². The van der Waals surface area contributed by atoms with Gasteiger partial charge < -0.3 is 5.73 Å². The number of nitrogens with two attached hydrogens (primary N) is 1. The third-order valence-corrected chi connectivity index (χ3v) is 2.22. The zero-order valence-corrected chi connectivity index (χ0v) is 8.46. The molecule has 0 saturated heterocycles. The summed E-state index contributed by atoms with van der Waals surface area (Å²) in [5.74, 6) is 0.0490. The number of benzene rings is 1. The van der Waals surface area contributed by atoms with Gasteiger partial charge in [0.25, 0.3) is 0 Å². The molecular weight excluding hydrogens is 177 g/mol. The van der Waals surface area contributed by atoms with E-state index < -0.39 is 0 Å². The molecule has 0 aliphatic rings. The Kier molecular flexibility index (Phi) is 3.84. The van der Waals surface area contributed by atoms with Gasteiger partial charge in [0.15, 0.2) is 0 Å². The van der Waals surface area contributed by atoms with Gasteiger partial charge in [-0.2, -0.15) is 0 Å². The van der Waals surface area contributed by atoms with Crippen LogP contribution in [0, 0.1) is 5.82 Å². The van der Waals surface area contributed by atoms with Crippen LogP contribution in [0.15, 0.2) is 36.4 Å². The normalized spacial score (nSPS) is 12.5. The molecule has 1 atom stereocenters. The predicted molar refractivity (Wildman–Crippen MR) is 57.6 cm³/mol. The molecule has 1 aromatic rings. The smallest absolute Gasteiger partial charge is 0.123 e. The predicted octanol–water partition coefficient (Wildman–Crippen LogP) is 2.83. The lowest BCUT2D eigenvalue weighted by Crippen LogP contribution is -2.12. The molecule has 0 heterocycles. The minimum atomic E-state index is -0.208. The third-order valence-electron chi connectivity index (χ3n) is 2.22. The summed E-state index contributed by atoms with van der Waals surface area (Å²) in [5.41, 5.74) is 7.84. The Morgan fingerprint density at radius 2 is 2.00 bits per heavy atom. The summed E-state index contributed by atoms with van der Waals surface area (Å²) in [6, 6.07) is 6.51. The molecule has 1 unspecified atom stereocenters. The van der Waals surface area contributed by atoms with E-state index in [1.54, 1.807) is 12.1 Å². The number of allylic oxidation sites excluding steroid dienone is 1. The fourth-order valence-corrected chi connectivity index (χ4v) is 1.49. The Balaban J connectivity index is 2.78. The van der Waals surface area contributed by atoms with Gasteiger partial charge in [-0.3, -0.25) is 0 Å². The summed E-state index contributed by atoms with van der Waals surface area (Å²) in [7, 11) is 0. The molecule has 2 heteroatoms. The Morgan fingerprint density at radius 1 is 1.43 bits per heavy atom. The van der Waals surface area contributed by atoms with Crippen LogP contribution in [-0.4, -0.2) is 6.54 Å². The minimum Gasteiger partial charge on any atom is -0.330 e. The lowest BCUT2D eigenvalue weighted by atomic mass is 9.93. The van der Waals surface area contributed by atoms with E-state index in [1.165, 1.54) is 12.1 Å². The second-order valence-corrected chi connectivity index (χ2v) is 3.65. The summed E-state index contributed by atoms with van der Waals surface area (Å²) in [5, 5.41) is 0. The molecule has 1 nitrogen and oxygen atoms in total. The molecule has 0 bridgehead atoms. The molecule has 0 amide bonds. The molecular formula is C12H16FN. The first-order valence-electron chi connectivity index (χ1n) is 4.73. The van der Waals surface area contributed by atoms with Crippen LogP contribution in [0.5, 0.6) is 0 Å². The van der Waals surface area contributed by atoms with E-state index in [0.717, 1.165) is 17.6 Å². The van der Waals surface area contributed by atoms with E-state index in [0.29, 0.717) is 6.54 Å². The first-order chi connectivity index (χ1) is 6.63. The van der Waals surface area contributed by atoms with Gasteiger partial charge in [0.05, 0.1) is 0 Å². The van der Waals surface area contributed by atoms with Crippen molar-refractivity contribution in [3.63, 3.8) is 0 Å². The van der Waals surface area contributed by atoms with Gasteiger partial charge in [0, 0.05) is 0 Å². The molecule has 76 valence electrons. The minimum absolute atomic E-state index is 0.208.